The summed E-state index contributed by atoms with van der Waals surface area (Å²) in [5, 5.41) is 0.107. The van der Waals surface area contributed by atoms with E-state index in [0.717, 1.165) is 0 Å². The van der Waals surface area contributed by atoms with Crippen molar-refractivity contribution in [3.05, 3.63) is 28.8 Å². The number of nitrogen functional groups attached to an aromatic ring is 1. The highest BCUT2D eigenvalue weighted by molar-refractivity contribution is 6.33. The number of nitrogens with two attached hydrogens (primary N) is 1. The van der Waals surface area contributed by atoms with Crippen molar-refractivity contribution < 1.29 is 22.7 Å². The number of carbonyl (C=O) groups excluding carboxylic acids is 1. The molecule has 0 spiro atoms. The Kier molecular flexibility index (Phi) is 4.84. The quantitative estimate of drug-likeness (QED) is 0.523. The molecule has 0 saturated heterocycles. The van der Waals surface area contributed by atoms with Crippen LogP contribution >= 0.6 is 11.6 Å². The van der Waals surface area contributed by atoms with E-state index in [1.165, 1.54) is 18.2 Å². The maximum absolute atomic E-state index is 11.8. The minimum absolute atomic E-state index is 0.0814. The van der Waals surface area contributed by atoms with Gasteiger partial charge in [-0.25, -0.2) is 4.79 Å². The molecule has 7 heteroatoms. The van der Waals surface area contributed by atoms with Gasteiger partial charge in [-0.1, -0.05) is 11.6 Å². The van der Waals surface area contributed by atoms with E-state index in [1.807, 2.05) is 0 Å². The van der Waals surface area contributed by atoms with Gasteiger partial charge >= 0.3 is 12.1 Å². The molecule has 1 aromatic rings. The molecule has 3 nitrogen and oxygen atoms in total. The fourth-order valence-corrected chi connectivity index (χ4v) is 1.48. The summed E-state index contributed by atoms with van der Waals surface area (Å²) in [6.45, 7) is -0.306. The molecule has 1 rings (SSSR count). The number of benzene rings is 1. The van der Waals surface area contributed by atoms with Gasteiger partial charge in [-0.2, -0.15) is 13.2 Å². The highest BCUT2D eigenvalue weighted by atomic mass is 35.5. The number of halogens is 4. The van der Waals surface area contributed by atoms with Crippen molar-refractivity contribution in [3.8, 4) is 0 Å². The predicted molar refractivity (Wildman–Crippen MR) is 61.4 cm³/mol. The molecule has 0 heterocycles. The van der Waals surface area contributed by atoms with Gasteiger partial charge in [0, 0.05) is 12.1 Å². The van der Waals surface area contributed by atoms with Crippen molar-refractivity contribution in [2.24, 2.45) is 0 Å². The first-order valence-corrected chi connectivity index (χ1v) is 5.46. The van der Waals surface area contributed by atoms with Gasteiger partial charge in [-0.3, -0.25) is 0 Å². The van der Waals surface area contributed by atoms with Crippen LogP contribution in [-0.2, 0) is 4.74 Å². The van der Waals surface area contributed by atoms with Crippen LogP contribution in [0.4, 0.5) is 18.9 Å². The molecular weight excluding hydrogens is 271 g/mol. The Labute approximate surface area is 107 Å². The minimum Gasteiger partial charge on any atom is -0.462 e. The summed E-state index contributed by atoms with van der Waals surface area (Å²) in [4.78, 5) is 11.5. The van der Waals surface area contributed by atoms with Crippen molar-refractivity contribution in [3.63, 3.8) is 0 Å². The number of hydrogen-bond acceptors (Lipinski definition) is 3. The molecule has 1 aromatic carbocycles. The number of alkyl halides is 3. The lowest BCUT2D eigenvalue weighted by Gasteiger charge is -2.08. The van der Waals surface area contributed by atoms with Crippen LogP contribution in [0.2, 0.25) is 5.02 Å². The standard InChI is InChI=1S/C11H11ClF3NO2/c12-9-6-7(16)2-3-8(9)10(17)18-5-1-4-11(13,14)15/h2-3,6H,1,4-5,16H2. The lowest BCUT2D eigenvalue weighted by molar-refractivity contribution is -0.137. The Hall–Kier alpha value is -1.43. The monoisotopic (exact) mass is 281 g/mol. The van der Waals surface area contributed by atoms with E-state index in [9.17, 15) is 18.0 Å². The van der Waals surface area contributed by atoms with E-state index in [2.05, 4.69) is 4.74 Å². The molecule has 2 N–H and O–H groups in total. The van der Waals surface area contributed by atoms with Gasteiger partial charge < -0.3 is 10.5 Å². The van der Waals surface area contributed by atoms with Crippen LogP contribution in [0.1, 0.15) is 23.2 Å². The summed E-state index contributed by atoms with van der Waals surface area (Å²) >= 11 is 5.75. The van der Waals surface area contributed by atoms with Crippen LogP contribution in [0.15, 0.2) is 18.2 Å². The van der Waals surface area contributed by atoms with E-state index in [-0.39, 0.29) is 23.6 Å². The number of esters is 1. The number of hydrogen-bond donors (Lipinski definition) is 1. The maximum Gasteiger partial charge on any atom is 0.389 e. The smallest absolute Gasteiger partial charge is 0.389 e. The van der Waals surface area contributed by atoms with Gasteiger partial charge in [0.1, 0.15) is 0 Å². The zero-order chi connectivity index (χ0) is 13.8. The van der Waals surface area contributed by atoms with Gasteiger partial charge in [0.05, 0.1) is 17.2 Å². The van der Waals surface area contributed by atoms with Gasteiger partial charge in [-0.05, 0) is 24.6 Å². The van der Waals surface area contributed by atoms with E-state index in [1.54, 1.807) is 0 Å². The second kappa shape index (κ2) is 5.95. The Bertz CT molecular complexity index is 435. The highest BCUT2D eigenvalue weighted by Crippen LogP contribution is 2.22. The van der Waals surface area contributed by atoms with Crippen molar-refractivity contribution >= 4 is 23.3 Å². The molecule has 0 amide bonds. The zero-order valence-electron chi connectivity index (χ0n) is 9.26. The molecule has 0 atom stereocenters. The van der Waals surface area contributed by atoms with Crippen LogP contribution in [0.25, 0.3) is 0 Å². The third-order valence-electron chi connectivity index (χ3n) is 2.05. The Morgan fingerprint density at radius 1 is 1.39 bits per heavy atom. The summed E-state index contributed by atoms with van der Waals surface area (Å²) in [7, 11) is 0. The second-order valence-corrected chi connectivity index (χ2v) is 4.00. The molecule has 18 heavy (non-hydrogen) atoms. The number of carbonyl (C=O) groups is 1. The van der Waals surface area contributed by atoms with E-state index in [0.29, 0.717) is 5.69 Å². The summed E-state index contributed by atoms with van der Waals surface area (Å²) in [5.41, 5.74) is 5.90. The number of anilines is 1. The molecule has 0 aliphatic carbocycles. The van der Waals surface area contributed by atoms with Crippen LogP contribution < -0.4 is 5.73 Å². The van der Waals surface area contributed by atoms with Crippen molar-refractivity contribution in [2.75, 3.05) is 12.3 Å². The molecule has 100 valence electrons. The second-order valence-electron chi connectivity index (χ2n) is 3.59. The summed E-state index contributed by atoms with van der Waals surface area (Å²) in [5.74, 6) is -0.762. The molecule has 0 radical (unpaired) electrons. The summed E-state index contributed by atoms with van der Waals surface area (Å²) in [6.07, 6.45) is -5.51. The third kappa shape index (κ3) is 4.83. The Balaban J connectivity index is 2.46. The molecule has 0 aliphatic heterocycles. The topological polar surface area (TPSA) is 52.3 Å². The molecule has 0 aromatic heterocycles. The van der Waals surface area contributed by atoms with Crippen LogP contribution in [-0.4, -0.2) is 18.8 Å². The maximum atomic E-state index is 11.8. The molecule has 0 bridgehead atoms. The Morgan fingerprint density at radius 3 is 2.61 bits per heavy atom. The molecule has 0 fully saturated rings. The largest absolute Gasteiger partial charge is 0.462 e. The minimum atomic E-state index is -4.24. The first-order valence-electron chi connectivity index (χ1n) is 5.08. The number of ether oxygens (including phenoxy) is 1. The molecule has 0 unspecified atom stereocenters. The predicted octanol–water partition coefficient (Wildman–Crippen LogP) is 3.42. The van der Waals surface area contributed by atoms with Crippen LogP contribution in [0.5, 0.6) is 0 Å². The van der Waals surface area contributed by atoms with Crippen molar-refractivity contribution in [1.82, 2.24) is 0 Å². The van der Waals surface area contributed by atoms with Gasteiger partial charge in [0.25, 0.3) is 0 Å². The van der Waals surface area contributed by atoms with E-state index < -0.39 is 18.6 Å². The average Bonchev–Trinajstić information content (AvgIpc) is 2.22. The molecular formula is C11H11ClF3NO2. The SMILES string of the molecule is Nc1ccc(C(=O)OCCCC(F)(F)F)c(Cl)c1. The Morgan fingerprint density at radius 2 is 2.06 bits per heavy atom. The van der Waals surface area contributed by atoms with Gasteiger partial charge in [-0.15, -0.1) is 0 Å². The zero-order valence-corrected chi connectivity index (χ0v) is 10.0. The summed E-state index contributed by atoms with van der Waals surface area (Å²) < 4.78 is 40.2. The average molecular weight is 282 g/mol. The molecule has 0 aliphatic rings. The van der Waals surface area contributed by atoms with E-state index in [4.69, 9.17) is 17.3 Å². The first kappa shape index (κ1) is 14.6. The lowest BCUT2D eigenvalue weighted by atomic mass is 10.2. The normalized spacial score (nSPS) is 11.3. The lowest BCUT2D eigenvalue weighted by Crippen LogP contribution is -2.12. The van der Waals surface area contributed by atoms with Crippen LogP contribution in [0.3, 0.4) is 0 Å². The fourth-order valence-electron chi connectivity index (χ4n) is 1.21. The number of rotatable bonds is 4. The van der Waals surface area contributed by atoms with Gasteiger partial charge in [0.2, 0.25) is 0 Å². The third-order valence-corrected chi connectivity index (χ3v) is 2.36. The summed E-state index contributed by atoms with van der Waals surface area (Å²) in [6, 6.07) is 4.19. The van der Waals surface area contributed by atoms with Crippen molar-refractivity contribution in [2.45, 2.75) is 19.0 Å². The van der Waals surface area contributed by atoms with Gasteiger partial charge in [0.15, 0.2) is 0 Å². The molecule has 0 saturated carbocycles. The van der Waals surface area contributed by atoms with Crippen LogP contribution in [0, 0.1) is 0 Å². The highest BCUT2D eigenvalue weighted by Gasteiger charge is 2.26. The first-order chi connectivity index (χ1) is 8.29. The van der Waals surface area contributed by atoms with E-state index >= 15 is 0 Å². The van der Waals surface area contributed by atoms with Crippen molar-refractivity contribution in [1.29, 1.82) is 0 Å². The fraction of sp³-hybridized carbons (Fsp3) is 0.364.